The van der Waals surface area contributed by atoms with E-state index in [-0.39, 0.29) is 11.5 Å². The van der Waals surface area contributed by atoms with Crippen LogP contribution >= 0.6 is 0 Å². The van der Waals surface area contributed by atoms with Gasteiger partial charge in [-0.3, -0.25) is 0 Å². The van der Waals surface area contributed by atoms with Crippen LogP contribution in [0.5, 0.6) is 11.5 Å². The molecule has 0 aliphatic carbocycles. The van der Waals surface area contributed by atoms with Gasteiger partial charge in [-0.2, -0.15) is 0 Å². The van der Waals surface area contributed by atoms with E-state index in [0.717, 1.165) is 24.3 Å². The third-order valence-corrected chi connectivity index (χ3v) is 5.56. The Hall–Kier alpha value is -3.28. The molecular weight excluding hydrogens is 390 g/mol. The fourth-order valence-corrected chi connectivity index (χ4v) is 3.12. The highest BCUT2D eigenvalue weighted by Gasteiger charge is 2.43. The first kappa shape index (κ1) is 23.0. The van der Waals surface area contributed by atoms with Crippen molar-refractivity contribution in [1.82, 2.24) is 0 Å². The molecule has 0 atom stereocenters. The van der Waals surface area contributed by atoms with E-state index in [0.29, 0.717) is 11.1 Å². The zero-order valence-electron chi connectivity index (χ0n) is 17.4. The van der Waals surface area contributed by atoms with E-state index in [1.54, 1.807) is 27.7 Å². The van der Waals surface area contributed by atoms with Crippen LogP contribution < -0.4 is 9.47 Å². The van der Waals surface area contributed by atoms with E-state index in [4.69, 9.17) is 9.47 Å². The van der Waals surface area contributed by atoms with E-state index in [1.807, 2.05) is 0 Å². The zero-order chi connectivity index (χ0) is 22.7. The average molecular weight is 414 g/mol. The van der Waals surface area contributed by atoms with E-state index >= 15 is 0 Å². The molecule has 0 aliphatic heterocycles. The Morgan fingerprint density at radius 2 is 1.10 bits per heavy atom. The normalized spacial score (nSPS) is 11.5. The first-order valence-electron chi connectivity index (χ1n) is 9.22. The fourth-order valence-electron chi connectivity index (χ4n) is 3.12. The van der Waals surface area contributed by atoms with E-state index in [9.17, 15) is 18.4 Å². The molecule has 30 heavy (non-hydrogen) atoms. The molecule has 0 fully saturated rings. The van der Waals surface area contributed by atoms with Crippen molar-refractivity contribution in [3.63, 3.8) is 0 Å². The van der Waals surface area contributed by atoms with Gasteiger partial charge in [0.15, 0.2) is 0 Å². The van der Waals surface area contributed by atoms with Gasteiger partial charge < -0.3 is 9.47 Å². The van der Waals surface area contributed by atoms with Crippen LogP contribution in [0.4, 0.5) is 8.78 Å². The van der Waals surface area contributed by atoms with Gasteiger partial charge in [0.2, 0.25) is 0 Å². The molecule has 0 spiro atoms. The molecule has 0 aliphatic rings. The monoisotopic (exact) mass is 414 g/mol. The predicted octanol–water partition coefficient (Wildman–Crippen LogP) is 5.40. The van der Waals surface area contributed by atoms with Crippen molar-refractivity contribution in [2.75, 3.05) is 0 Å². The molecule has 2 aromatic carbocycles. The maximum Gasteiger partial charge on any atom is 0.335 e. The summed E-state index contributed by atoms with van der Waals surface area (Å²) >= 11 is 0. The van der Waals surface area contributed by atoms with Gasteiger partial charge >= 0.3 is 11.9 Å². The van der Waals surface area contributed by atoms with Gasteiger partial charge in [0.05, 0.1) is 0 Å². The largest absolute Gasteiger partial charge is 0.423 e. The molecule has 0 bridgehead atoms. The number of esters is 2. The number of benzene rings is 2. The Labute approximate surface area is 174 Å². The van der Waals surface area contributed by atoms with Crippen LogP contribution in [0.3, 0.4) is 0 Å². The zero-order valence-corrected chi connectivity index (χ0v) is 17.4. The standard InChI is InChI=1S/C24H24F2O4/c1-7-21(27)29-15-9-11-17(19(25)13-15)23(3,4)24(5,6)18-12-10-16(14-20(18)26)30-22(28)8-2/h7-14H,1-2H2,3-6H3. The maximum absolute atomic E-state index is 14.9. The predicted molar refractivity (Wildman–Crippen MR) is 111 cm³/mol. The molecule has 0 heterocycles. The molecule has 6 heteroatoms. The van der Waals surface area contributed by atoms with Gasteiger partial charge in [-0.15, -0.1) is 0 Å². The summed E-state index contributed by atoms with van der Waals surface area (Å²) in [4.78, 5) is 22.7. The van der Waals surface area contributed by atoms with Crippen LogP contribution in [0.1, 0.15) is 38.8 Å². The number of hydrogen-bond donors (Lipinski definition) is 0. The van der Waals surface area contributed by atoms with Crippen molar-refractivity contribution in [2.24, 2.45) is 0 Å². The lowest BCUT2D eigenvalue weighted by Crippen LogP contribution is -2.41. The third kappa shape index (κ3) is 4.48. The lowest BCUT2D eigenvalue weighted by Gasteiger charge is -2.43. The number of carbonyl (C=O) groups is 2. The molecule has 0 saturated carbocycles. The maximum atomic E-state index is 14.9. The minimum Gasteiger partial charge on any atom is -0.423 e. The second-order valence-electron chi connectivity index (χ2n) is 7.78. The highest BCUT2D eigenvalue weighted by molar-refractivity contribution is 5.83. The molecule has 2 rings (SSSR count). The van der Waals surface area contributed by atoms with Crippen molar-refractivity contribution in [1.29, 1.82) is 0 Å². The van der Waals surface area contributed by atoms with Crippen molar-refractivity contribution >= 4 is 11.9 Å². The number of ether oxygens (including phenoxy) is 2. The molecule has 0 amide bonds. The Morgan fingerprint density at radius 3 is 1.37 bits per heavy atom. The van der Waals surface area contributed by atoms with Gasteiger partial charge in [0, 0.05) is 35.1 Å². The summed E-state index contributed by atoms with van der Waals surface area (Å²) in [5, 5.41) is 0. The SMILES string of the molecule is C=CC(=O)Oc1ccc(C(C)(C)C(C)(C)c2ccc(OC(=O)C=C)cc2F)c(F)c1. The first-order valence-corrected chi connectivity index (χ1v) is 9.22. The van der Waals surface area contributed by atoms with Crippen LogP contribution in [0, 0.1) is 11.6 Å². The molecule has 2 aromatic rings. The van der Waals surface area contributed by atoms with Crippen molar-refractivity contribution in [3.05, 3.63) is 84.5 Å². The highest BCUT2D eigenvalue weighted by Crippen LogP contribution is 2.46. The second-order valence-corrected chi connectivity index (χ2v) is 7.78. The Morgan fingerprint density at radius 1 is 0.767 bits per heavy atom. The van der Waals surface area contributed by atoms with E-state index in [2.05, 4.69) is 13.2 Å². The van der Waals surface area contributed by atoms with Gasteiger partial charge in [0.1, 0.15) is 23.1 Å². The lowest BCUT2D eigenvalue weighted by molar-refractivity contribution is -0.129. The van der Waals surface area contributed by atoms with Gasteiger partial charge in [0.25, 0.3) is 0 Å². The summed E-state index contributed by atoms with van der Waals surface area (Å²) in [5.41, 5.74) is -1.07. The van der Waals surface area contributed by atoms with E-state index in [1.165, 1.54) is 24.3 Å². The van der Waals surface area contributed by atoms with Crippen LogP contribution in [0.25, 0.3) is 0 Å². The number of hydrogen-bond acceptors (Lipinski definition) is 4. The Bertz CT molecular complexity index is 925. The summed E-state index contributed by atoms with van der Waals surface area (Å²) in [7, 11) is 0. The van der Waals surface area contributed by atoms with Crippen molar-refractivity contribution in [3.8, 4) is 11.5 Å². The number of halogens is 2. The van der Waals surface area contributed by atoms with Crippen LogP contribution in [-0.4, -0.2) is 11.9 Å². The van der Waals surface area contributed by atoms with Gasteiger partial charge in [-0.1, -0.05) is 53.0 Å². The minimum absolute atomic E-state index is 0.0503. The molecule has 0 radical (unpaired) electrons. The minimum atomic E-state index is -0.863. The molecule has 0 N–H and O–H groups in total. The molecular formula is C24H24F2O4. The van der Waals surface area contributed by atoms with Gasteiger partial charge in [-0.05, 0) is 23.3 Å². The van der Waals surface area contributed by atoms with Crippen molar-refractivity contribution < 1.29 is 27.8 Å². The van der Waals surface area contributed by atoms with Crippen molar-refractivity contribution in [2.45, 2.75) is 38.5 Å². The van der Waals surface area contributed by atoms with Crippen LogP contribution in [0.2, 0.25) is 0 Å². The fraction of sp³-hybridized carbons (Fsp3) is 0.250. The molecule has 0 unspecified atom stereocenters. The van der Waals surface area contributed by atoms with Gasteiger partial charge in [-0.25, -0.2) is 18.4 Å². The first-order chi connectivity index (χ1) is 13.9. The highest BCUT2D eigenvalue weighted by atomic mass is 19.1. The second kappa shape index (κ2) is 8.61. The molecule has 0 saturated heterocycles. The number of rotatable bonds is 7. The van der Waals surface area contributed by atoms with Crippen LogP contribution in [0.15, 0.2) is 61.7 Å². The topological polar surface area (TPSA) is 52.6 Å². The molecule has 0 aromatic heterocycles. The summed E-state index contributed by atoms with van der Waals surface area (Å²) in [6.45, 7) is 13.8. The summed E-state index contributed by atoms with van der Waals surface area (Å²) in [6.07, 6.45) is 1.97. The average Bonchev–Trinajstić information content (AvgIpc) is 2.67. The molecule has 4 nitrogen and oxygen atoms in total. The Kier molecular flexibility index (Phi) is 6.60. The lowest BCUT2D eigenvalue weighted by atomic mass is 9.61. The quantitative estimate of drug-likeness (QED) is 0.346. The Balaban J connectivity index is 2.43. The smallest absolute Gasteiger partial charge is 0.335 e. The summed E-state index contributed by atoms with van der Waals surface area (Å²) in [6, 6.07) is 8.21. The van der Waals surface area contributed by atoms with Crippen LogP contribution in [-0.2, 0) is 20.4 Å². The van der Waals surface area contributed by atoms with E-state index < -0.39 is 34.4 Å². The third-order valence-electron chi connectivity index (χ3n) is 5.56. The number of carbonyl (C=O) groups excluding carboxylic acids is 2. The summed E-state index contributed by atoms with van der Waals surface area (Å²) in [5.74, 6) is -2.45. The summed E-state index contributed by atoms with van der Waals surface area (Å²) < 4.78 is 39.7. The molecule has 158 valence electrons.